The Labute approximate surface area is 141 Å². The van der Waals surface area contributed by atoms with Crippen LogP contribution in [0.5, 0.6) is 0 Å². The van der Waals surface area contributed by atoms with Crippen molar-refractivity contribution in [1.82, 2.24) is 9.38 Å². The molecule has 4 rings (SSSR count). The van der Waals surface area contributed by atoms with Gasteiger partial charge in [-0.3, -0.25) is 14.4 Å². The van der Waals surface area contributed by atoms with Crippen LogP contribution in [-0.2, 0) is 6.42 Å². The van der Waals surface area contributed by atoms with E-state index in [0.29, 0.717) is 22.8 Å². The zero-order valence-electron chi connectivity index (χ0n) is 13.1. The molecule has 1 aromatic carbocycles. The molecule has 6 nitrogen and oxygen atoms in total. The second kappa shape index (κ2) is 5.10. The highest BCUT2D eigenvalue weighted by atomic mass is 32.1. The van der Waals surface area contributed by atoms with Gasteiger partial charge in [0.2, 0.25) is 0 Å². The minimum atomic E-state index is -0.483. The highest BCUT2D eigenvalue weighted by Gasteiger charge is 2.42. The smallest absolute Gasteiger partial charge is 0.269 e. The van der Waals surface area contributed by atoms with Crippen LogP contribution in [0.4, 0.5) is 5.69 Å². The molecule has 3 heterocycles. The van der Waals surface area contributed by atoms with E-state index in [2.05, 4.69) is 4.98 Å². The molecule has 24 heavy (non-hydrogen) atoms. The second-order valence-corrected chi connectivity index (χ2v) is 6.55. The molecule has 7 heteroatoms. The number of imide groups is 1. The molecule has 1 aliphatic rings. The molecule has 2 aromatic heterocycles. The van der Waals surface area contributed by atoms with Crippen LogP contribution in [0.25, 0.3) is 4.96 Å². The van der Waals surface area contributed by atoms with Crippen LogP contribution in [0.2, 0.25) is 0 Å². The summed E-state index contributed by atoms with van der Waals surface area (Å²) in [5.74, 6) is -0.888. The lowest BCUT2D eigenvalue weighted by Crippen LogP contribution is -2.31. The normalized spacial score (nSPS) is 13.8. The van der Waals surface area contributed by atoms with Crippen LogP contribution < -0.4 is 10.5 Å². The van der Waals surface area contributed by atoms with Gasteiger partial charge in [0, 0.05) is 11.8 Å². The van der Waals surface area contributed by atoms with E-state index in [-0.39, 0.29) is 16.1 Å². The molecule has 0 atom stereocenters. The molecular formula is C17H13N3O3S. The van der Waals surface area contributed by atoms with E-state index >= 15 is 0 Å². The monoisotopic (exact) mass is 339 g/mol. The van der Waals surface area contributed by atoms with Crippen molar-refractivity contribution in [3.05, 3.63) is 62.5 Å². The maximum Gasteiger partial charge on any atom is 0.284 e. The Morgan fingerprint density at radius 3 is 2.58 bits per heavy atom. The standard InChI is InChI=1S/C17H13N3O3S/c1-3-10-8-12(21)20-13-14(24-17(20)18-10)16(23)19(15(13)22)11-7-5-4-6-9(11)2/h4-8H,3H2,1-2H3. The summed E-state index contributed by atoms with van der Waals surface area (Å²) >= 11 is 1.09. The number of aromatic nitrogens is 2. The number of carbonyl (C=O) groups is 2. The first kappa shape index (κ1) is 14.8. The second-order valence-electron chi connectivity index (χ2n) is 5.57. The molecule has 3 aromatic rings. The number of aryl methyl sites for hydroxylation is 2. The number of benzene rings is 1. The third-order valence-electron chi connectivity index (χ3n) is 4.09. The van der Waals surface area contributed by atoms with Crippen LogP contribution >= 0.6 is 11.3 Å². The molecule has 0 saturated heterocycles. The first-order chi connectivity index (χ1) is 11.5. The zero-order valence-corrected chi connectivity index (χ0v) is 13.9. The number of amides is 2. The van der Waals surface area contributed by atoms with Crippen molar-refractivity contribution in [1.29, 1.82) is 0 Å². The molecule has 2 amide bonds. The van der Waals surface area contributed by atoms with Crippen molar-refractivity contribution in [3.8, 4) is 0 Å². The van der Waals surface area contributed by atoms with E-state index in [1.807, 2.05) is 26.0 Å². The van der Waals surface area contributed by atoms with Gasteiger partial charge in [-0.15, -0.1) is 0 Å². The van der Waals surface area contributed by atoms with Crippen LogP contribution in [0.15, 0.2) is 35.1 Å². The molecule has 0 fully saturated rings. The van der Waals surface area contributed by atoms with Gasteiger partial charge in [-0.2, -0.15) is 0 Å². The molecule has 120 valence electrons. The predicted octanol–water partition coefficient (Wildman–Crippen LogP) is 2.43. The molecule has 0 N–H and O–H groups in total. The van der Waals surface area contributed by atoms with Crippen molar-refractivity contribution < 1.29 is 9.59 Å². The van der Waals surface area contributed by atoms with E-state index in [1.165, 1.54) is 10.5 Å². The topological polar surface area (TPSA) is 71.8 Å². The molecule has 0 radical (unpaired) electrons. The van der Waals surface area contributed by atoms with Gasteiger partial charge < -0.3 is 0 Å². The number of nitrogens with zero attached hydrogens (tertiary/aromatic N) is 3. The van der Waals surface area contributed by atoms with E-state index in [1.54, 1.807) is 12.1 Å². The maximum atomic E-state index is 12.9. The van der Waals surface area contributed by atoms with E-state index in [0.717, 1.165) is 21.8 Å². The van der Waals surface area contributed by atoms with Crippen LogP contribution in [0.1, 0.15) is 38.3 Å². The van der Waals surface area contributed by atoms with Gasteiger partial charge in [0.05, 0.1) is 5.69 Å². The molecular weight excluding hydrogens is 326 g/mol. The van der Waals surface area contributed by atoms with Gasteiger partial charge in [-0.25, -0.2) is 14.3 Å². The average molecular weight is 339 g/mol. The van der Waals surface area contributed by atoms with Gasteiger partial charge in [0.15, 0.2) is 4.96 Å². The largest absolute Gasteiger partial charge is 0.284 e. The van der Waals surface area contributed by atoms with Crippen molar-refractivity contribution >= 4 is 33.8 Å². The summed E-state index contributed by atoms with van der Waals surface area (Å²) in [6.07, 6.45) is 0.617. The number of hydrogen-bond donors (Lipinski definition) is 0. The first-order valence-corrected chi connectivity index (χ1v) is 8.34. The van der Waals surface area contributed by atoms with Gasteiger partial charge in [0.25, 0.3) is 17.4 Å². The van der Waals surface area contributed by atoms with Crippen LogP contribution in [-0.4, -0.2) is 21.2 Å². The number of carbonyl (C=O) groups excluding carboxylic acids is 2. The van der Waals surface area contributed by atoms with E-state index in [9.17, 15) is 14.4 Å². The fourth-order valence-electron chi connectivity index (χ4n) is 2.87. The van der Waals surface area contributed by atoms with Gasteiger partial charge in [0.1, 0.15) is 10.6 Å². The first-order valence-electron chi connectivity index (χ1n) is 7.52. The predicted molar refractivity (Wildman–Crippen MR) is 91.0 cm³/mol. The highest BCUT2D eigenvalue weighted by molar-refractivity contribution is 7.19. The van der Waals surface area contributed by atoms with E-state index < -0.39 is 11.8 Å². The Morgan fingerprint density at radius 1 is 1.12 bits per heavy atom. The third-order valence-corrected chi connectivity index (χ3v) is 5.12. The Morgan fingerprint density at radius 2 is 1.88 bits per heavy atom. The average Bonchev–Trinajstić information content (AvgIpc) is 3.05. The fraction of sp³-hybridized carbons (Fsp3) is 0.176. The third kappa shape index (κ3) is 1.88. The Hall–Kier alpha value is -2.80. The summed E-state index contributed by atoms with van der Waals surface area (Å²) in [6, 6.07) is 8.58. The van der Waals surface area contributed by atoms with Crippen molar-refractivity contribution in [2.45, 2.75) is 20.3 Å². The van der Waals surface area contributed by atoms with Gasteiger partial charge in [-0.05, 0) is 25.0 Å². The molecule has 0 unspecified atom stereocenters. The number of thiazole rings is 1. The molecule has 0 spiro atoms. The summed E-state index contributed by atoms with van der Waals surface area (Å²) in [5.41, 5.74) is 1.79. The summed E-state index contributed by atoms with van der Waals surface area (Å²) in [4.78, 5) is 44.2. The van der Waals surface area contributed by atoms with Gasteiger partial charge in [-0.1, -0.05) is 36.5 Å². The number of rotatable bonds is 2. The van der Waals surface area contributed by atoms with Crippen molar-refractivity contribution in [3.63, 3.8) is 0 Å². The molecule has 0 bridgehead atoms. The highest BCUT2D eigenvalue weighted by Crippen LogP contribution is 2.34. The molecule has 0 saturated carbocycles. The summed E-state index contributed by atoms with van der Waals surface area (Å²) in [5, 5.41) is 0. The Balaban J connectivity index is 1.95. The number of para-hydroxylation sites is 1. The van der Waals surface area contributed by atoms with Gasteiger partial charge >= 0.3 is 0 Å². The summed E-state index contributed by atoms with van der Waals surface area (Å²) < 4.78 is 1.25. The number of hydrogen-bond acceptors (Lipinski definition) is 5. The van der Waals surface area contributed by atoms with Crippen LogP contribution in [0.3, 0.4) is 0 Å². The lowest BCUT2D eigenvalue weighted by atomic mass is 10.2. The number of anilines is 1. The van der Waals surface area contributed by atoms with Crippen LogP contribution in [0, 0.1) is 6.92 Å². The SMILES string of the molecule is CCc1cc(=O)n2c3c(sc2n1)C(=O)N(c1ccccc1C)C3=O. The fourth-order valence-corrected chi connectivity index (χ4v) is 3.95. The van der Waals surface area contributed by atoms with Crippen molar-refractivity contribution in [2.75, 3.05) is 4.90 Å². The number of fused-ring (bicyclic) bond motifs is 3. The maximum absolute atomic E-state index is 12.9. The minimum Gasteiger partial charge on any atom is -0.269 e. The quantitative estimate of drug-likeness (QED) is 0.672. The Bertz CT molecular complexity index is 1080. The summed E-state index contributed by atoms with van der Waals surface area (Å²) in [6.45, 7) is 3.73. The Kier molecular flexibility index (Phi) is 3.14. The summed E-state index contributed by atoms with van der Waals surface area (Å²) in [7, 11) is 0. The lowest BCUT2D eigenvalue weighted by Gasteiger charge is -2.16. The zero-order chi connectivity index (χ0) is 17.0. The van der Waals surface area contributed by atoms with Crippen molar-refractivity contribution in [2.24, 2.45) is 0 Å². The molecule has 1 aliphatic heterocycles. The minimum absolute atomic E-state index is 0.114. The lowest BCUT2D eigenvalue weighted by molar-refractivity contribution is 0.0924. The molecule has 0 aliphatic carbocycles. The van der Waals surface area contributed by atoms with E-state index in [4.69, 9.17) is 0 Å².